The molecule has 0 aromatic heterocycles. The molecule has 0 unspecified atom stereocenters. The Morgan fingerprint density at radius 3 is 2.30 bits per heavy atom. The molecule has 0 spiro atoms. The predicted molar refractivity (Wildman–Crippen MR) is 44.3 cm³/mol. The quantitative estimate of drug-likeness (QED) is 0.608. The van der Waals surface area contributed by atoms with Gasteiger partial charge in [-0.05, 0) is 6.42 Å². The first-order valence-corrected chi connectivity index (χ1v) is 4.36. The third-order valence-electron chi connectivity index (χ3n) is 0.741. The molecule has 5 heteroatoms. The molecule has 0 saturated carbocycles. The Hall–Kier alpha value is 0.650. The first-order valence-electron chi connectivity index (χ1n) is 2.75. The van der Waals surface area contributed by atoms with Gasteiger partial charge in [-0.1, -0.05) is 19.4 Å². The summed E-state index contributed by atoms with van der Waals surface area (Å²) in [6.07, 6.45) is 3.25. The van der Waals surface area contributed by atoms with Crippen molar-refractivity contribution in [2.24, 2.45) is 5.14 Å². The molecule has 0 rings (SSSR count). The molecule has 0 saturated heterocycles. The van der Waals surface area contributed by atoms with Crippen LogP contribution in [0.5, 0.6) is 0 Å². The van der Waals surface area contributed by atoms with Crippen LogP contribution in [0.2, 0.25) is 0 Å². The minimum absolute atomic E-state index is 0. The van der Waals surface area contributed by atoms with E-state index in [9.17, 15) is 8.42 Å². The third-order valence-corrected chi connectivity index (χ3v) is 1.31. The van der Waals surface area contributed by atoms with Crippen molar-refractivity contribution in [3.8, 4) is 0 Å². The molecule has 0 aliphatic rings. The Labute approximate surface area is 84.0 Å². The van der Waals surface area contributed by atoms with Crippen LogP contribution in [-0.2, 0) is 10.0 Å². The van der Waals surface area contributed by atoms with Crippen LogP contribution >= 0.6 is 0 Å². The zero-order valence-electron chi connectivity index (χ0n) is 5.37. The van der Waals surface area contributed by atoms with Gasteiger partial charge in [0, 0.05) is 5.41 Å². The van der Waals surface area contributed by atoms with E-state index in [4.69, 9.17) is 0 Å². The van der Waals surface area contributed by atoms with Crippen LogP contribution in [0.1, 0.15) is 19.8 Å². The number of unbranched alkanes of at least 4 members (excludes halogenated alkanes) is 1. The molecule has 0 atom stereocenters. The molecule has 2 N–H and O–H groups in total. The maximum atomic E-state index is 10.2. The van der Waals surface area contributed by atoms with E-state index in [2.05, 4.69) is 5.14 Å². The molecular formula is C5H12NNaO2S. The second-order valence-electron chi connectivity index (χ2n) is 1.75. The average Bonchev–Trinajstić information content (AvgIpc) is 1.63. The average molecular weight is 173 g/mol. The van der Waals surface area contributed by atoms with Gasteiger partial charge in [-0.15, -0.1) is 0 Å². The van der Waals surface area contributed by atoms with Crippen LogP contribution < -0.4 is 5.14 Å². The van der Waals surface area contributed by atoms with Gasteiger partial charge >= 0.3 is 29.6 Å². The zero-order valence-corrected chi connectivity index (χ0v) is 6.19. The SMILES string of the molecule is CCCC=CS(N)(=O)=O.[NaH]. The number of nitrogens with two attached hydrogens (primary N) is 1. The molecule has 10 heavy (non-hydrogen) atoms. The van der Waals surface area contributed by atoms with Crippen LogP contribution in [0.4, 0.5) is 0 Å². The van der Waals surface area contributed by atoms with Gasteiger partial charge in [0.25, 0.3) is 0 Å². The molecular weight excluding hydrogens is 161 g/mol. The van der Waals surface area contributed by atoms with Crippen molar-refractivity contribution < 1.29 is 8.42 Å². The van der Waals surface area contributed by atoms with Gasteiger partial charge in [0.05, 0.1) is 0 Å². The molecule has 56 valence electrons. The Bertz CT molecular complexity index is 186. The molecule has 0 amide bonds. The van der Waals surface area contributed by atoms with E-state index < -0.39 is 10.0 Å². The number of primary sulfonamides is 1. The summed E-state index contributed by atoms with van der Waals surface area (Å²) in [6.45, 7) is 1.97. The molecule has 0 aromatic rings. The molecule has 0 radical (unpaired) electrons. The summed E-state index contributed by atoms with van der Waals surface area (Å²) in [6, 6.07) is 0. The van der Waals surface area contributed by atoms with E-state index in [1.807, 2.05) is 6.92 Å². The van der Waals surface area contributed by atoms with Crippen LogP contribution in [0, 0.1) is 0 Å². The Kier molecular flexibility index (Phi) is 8.44. The van der Waals surface area contributed by atoms with E-state index in [1.54, 1.807) is 6.08 Å². The van der Waals surface area contributed by atoms with Crippen LogP contribution in [0.25, 0.3) is 0 Å². The van der Waals surface area contributed by atoms with E-state index in [0.717, 1.165) is 18.2 Å². The molecule has 0 aliphatic heterocycles. The van der Waals surface area contributed by atoms with Crippen molar-refractivity contribution in [3.63, 3.8) is 0 Å². The first kappa shape index (κ1) is 13.3. The first-order chi connectivity index (χ1) is 4.06. The fraction of sp³-hybridized carbons (Fsp3) is 0.600. The summed E-state index contributed by atoms with van der Waals surface area (Å²) in [4.78, 5) is 0. The van der Waals surface area contributed by atoms with E-state index in [1.165, 1.54) is 0 Å². The molecule has 0 aliphatic carbocycles. The topological polar surface area (TPSA) is 60.2 Å². The summed E-state index contributed by atoms with van der Waals surface area (Å²) in [5.74, 6) is 0. The number of allylic oxidation sites excluding steroid dienone is 1. The Balaban J connectivity index is 0. The second kappa shape index (κ2) is 6.37. The number of hydrogen-bond acceptors (Lipinski definition) is 2. The number of rotatable bonds is 3. The Morgan fingerprint density at radius 2 is 2.00 bits per heavy atom. The van der Waals surface area contributed by atoms with E-state index in [-0.39, 0.29) is 29.6 Å². The number of sulfonamides is 1. The molecule has 0 heterocycles. The van der Waals surface area contributed by atoms with Crippen molar-refractivity contribution in [2.75, 3.05) is 0 Å². The zero-order chi connectivity index (χ0) is 7.33. The minimum atomic E-state index is -3.38. The molecule has 3 nitrogen and oxygen atoms in total. The standard InChI is InChI=1S/C5H11NO2S.Na.H/c1-2-3-4-5-9(6,7)8;;/h4-5H,2-3H2,1H3,(H2,6,7,8);;. The van der Waals surface area contributed by atoms with Gasteiger partial charge in [-0.2, -0.15) is 0 Å². The van der Waals surface area contributed by atoms with Gasteiger partial charge in [-0.3, -0.25) is 0 Å². The number of hydrogen-bond donors (Lipinski definition) is 1. The summed E-state index contributed by atoms with van der Waals surface area (Å²) >= 11 is 0. The fourth-order valence-corrected chi connectivity index (χ4v) is 0.773. The van der Waals surface area contributed by atoms with Gasteiger partial charge in [0.15, 0.2) is 0 Å². The van der Waals surface area contributed by atoms with Crippen molar-refractivity contribution in [3.05, 3.63) is 11.5 Å². The monoisotopic (exact) mass is 173 g/mol. The summed E-state index contributed by atoms with van der Waals surface area (Å²) in [5, 5.41) is 5.69. The molecule has 0 fully saturated rings. The summed E-state index contributed by atoms with van der Waals surface area (Å²) in [5.41, 5.74) is 0. The van der Waals surface area contributed by atoms with Crippen molar-refractivity contribution in [1.82, 2.24) is 0 Å². The fourth-order valence-electron chi connectivity index (χ4n) is 0.369. The predicted octanol–water partition coefficient (Wildman–Crippen LogP) is -0.0598. The molecule has 0 aromatic carbocycles. The second-order valence-corrected chi connectivity index (χ2v) is 3.20. The van der Waals surface area contributed by atoms with Crippen molar-refractivity contribution in [1.29, 1.82) is 0 Å². The summed E-state index contributed by atoms with van der Waals surface area (Å²) in [7, 11) is -3.38. The van der Waals surface area contributed by atoms with E-state index >= 15 is 0 Å². The van der Waals surface area contributed by atoms with Gasteiger partial charge in [0.2, 0.25) is 10.0 Å². The molecule has 0 bridgehead atoms. The van der Waals surface area contributed by atoms with Gasteiger partial charge in [0.1, 0.15) is 0 Å². The van der Waals surface area contributed by atoms with Crippen molar-refractivity contribution >= 4 is 39.6 Å². The van der Waals surface area contributed by atoms with Crippen LogP contribution in [0.15, 0.2) is 11.5 Å². The van der Waals surface area contributed by atoms with E-state index in [0.29, 0.717) is 0 Å². The Morgan fingerprint density at radius 1 is 1.50 bits per heavy atom. The maximum absolute atomic E-state index is 10.2. The third kappa shape index (κ3) is 11.4. The summed E-state index contributed by atoms with van der Waals surface area (Å²) < 4.78 is 20.4. The van der Waals surface area contributed by atoms with Crippen LogP contribution in [0.3, 0.4) is 0 Å². The van der Waals surface area contributed by atoms with Gasteiger partial charge in [-0.25, -0.2) is 13.6 Å². The van der Waals surface area contributed by atoms with Crippen LogP contribution in [-0.4, -0.2) is 38.0 Å². The van der Waals surface area contributed by atoms with Gasteiger partial charge < -0.3 is 0 Å². The normalized spacial score (nSPS) is 11.4. The van der Waals surface area contributed by atoms with Crippen molar-refractivity contribution in [2.45, 2.75) is 19.8 Å².